The number of rotatable bonds is 2. The largest absolute Gasteiger partial charge is 0.460 e. The fourth-order valence-electron chi connectivity index (χ4n) is 2.01. The van der Waals surface area contributed by atoms with Crippen LogP contribution in [0.4, 0.5) is 0 Å². The van der Waals surface area contributed by atoms with Gasteiger partial charge in [0.15, 0.2) is 0 Å². The summed E-state index contributed by atoms with van der Waals surface area (Å²) in [5, 5.41) is 0. The Kier molecular flexibility index (Phi) is 3.73. The number of esters is 1. The number of hydrogen-bond acceptors (Lipinski definition) is 4. The Bertz CT molecular complexity index is 235. The average molecular weight is 214 g/mol. The fourth-order valence-corrected chi connectivity index (χ4v) is 2.01. The molecule has 4 nitrogen and oxygen atoms in total. The van der Waals surface area contributed by atoms with Gasteiger partial charge in [0.1, 0.15) is 5.60 Å². The highest BCUT2D eigenvalue weighted by atomic mass is 16.6. The summed E-state index contributed by atoms with van der Waals surface area (Å²) >= 11 is 0. The Morgan fingerprint density at radius 1 is 1.40 bits per heavy atom. The van der Waals surface area contributed by atoms with Gasteiger partial charge in [0.05, 0.1) is 5.92 Å². The second kappa shape index (κ2) is 4.49. The predicted molar refractivity (Wildman–Crippen MR) is 59.1 cm³/mol. The van der Waals surface area contributed by atoms with Gasteiger partial charge < -0.3 is 16.2 Å². The van der Waals surface area contributed by atoms with Crippen LogP contribution in [0.3, 0.4) is 0 Å². The van der Waals surface area contributed by atoms with Crippen molar-refractivity contribution >= 4 is 5.97 Å². The molecule has 1 aliphatic carbocycles. The molecular weight excluding hydrogens is 192 g/mol. The Balaban J connectivity index is 2.50. The third-order valence-electron chi connectivity index (χ3n) is 2.79. The highest BCUT2D eigenvalue weighted by Gasteiger charge is 2.37. The first-order chi connectivity index (χ1) is 6.83. The third-order valence-corrected chi connectivity index (χ3v) is 2.79. The topological polar surface area (TPSA) is 78.3 Å². The van der Waals surface area contributed by atoms with E-state index in [0.717, 1.165) is 6.42 Å². The van der Waals surface area contributed by atoms with Crippen LogP contribution in [0.1, 0.15) is 33.6 Å². The van der Waals surface area contributed by atoms with E-state index in [1.807, 2.05) is 20.8 Å². The summed E-state index contributed by atoms with van der Waals surface area (Å²) in [6, 6.07) is 0.0486. The molecule has 0 amide bonds. The molecule has 4 heteroatoms. The molecule has 0 unspecified atom stereocenters. The van der Waals surface area contributed by atoms with E-state index in [2.05, 4.69) is 0 Å². The number of nitrogens with two attached hydrogens (primary N) is 2. The van der Waals surface area contributed by atoms with E-state index in [1.54, 1.807) is 0 Å². The molecule has 1 rings (SSSR count). The Morgan fingerprint density at radius 3 is 2.40 bits per heavy atom. The standard InChI is InChI=1S/C11H22N2O2/c1-11(2,3)15-10(14)7-4-8(6-12)9(13)5-7/h7-9H,4-6,12-13H2,1-3H3/t7-,8-,9+/m1/s1. The van der Waals surface area contributed by atoms with Gasteiger partial charge in [0.25, 0.3) is 0 Å². The van der Waals surface area contributed by atoms with Crippen LogP contribution in [0, 0.1) is 11.8 Å². The number of hydrogen-bond donors (Lipinski definition) is 2. The van der Waals surface area contributed by atoms with Crippen molar-refractivity contribution in [1.29, 1.82) is 0 Å². The highest BCUT2D eigenvalue weighted by molar-refractivity contribution is 5.73. The van der Waals surface area contributed by atoms with Crippen molar-refractivity contribution in [3.63, 3.8) is 0 Å². The second-order valence-electron chi connectivity index (χ2n) is 5.36. The first kappa shape index (κ1) is 12.5. The van der Waals surface area contributed by atoms with E-state index in [4.69, 9.17) is 16.2 Å². The number of ether oxygens (including phenoxy) is 1. The van der Waals surface area contributed by atoms with Crippen LogP contribution >= 0.6 is 0 Å². The van der Waals surface area contributed by atoms with Crippen molar-refractivity contribution in [2.75, 3.05) is 6.54 Å². The zero-order chi connectivity index (χ0) is 11.6. The molecule has 0 spiro atoms. The van der Waals surface area contributed by atoms with Crippen molar-refractivity contribution in [3.8, 4) is 0 Å². The van der Waals surface area contributed by atoms with Crippen molar-refractivity contribution in [2.24, 2.45) is 23.3 Å². The first-order valence-electron chi connectivity index (χ1n) is 5.52. The normalized spacial score (nSPS) is 31.7. The van der Waals surface area contributed by atoms with Crippen LogP contribution in [0.2, 0.25) is 0 Å². The Labute approximate surface area is 91.3 Å². The number of carbonyl (C=O) groups excluding carboxylic acids is 1. The van der Waals surface area contributed by atoms with Crippen molar-refractivity contribution in [3.05, 3.63) is 0 Å². The van der Waals surface area contributed by atoms with Gasteiger partial charge in [0.2, 0.25) is 0 Å². The summed E-state index contributed by atoms with van der Waals surface area (Å²) in [5.74, 6) is 0.0733. The van der Waals surface area contributed by atoms with Gasteiger partial charge in [-0.15, -0.1) is 0 Å². The lowest BCUT2D eigenvalue weighted by Crippen LogP contribution is -2.30. The molecule has 1 saturated carbocycles. The van der Waals surface area contributed by atoms with Crippen molar-refractivity contribution < 1.29 is 9.53 Å². The minimum atomic E-state index is -0.415. The Hall–Kier alpha value is -0.610. The van der Waals surface area contributed by atoms with Gasteiger partial charge in [-0.05, 0) is 46.1 Å². The molecule has 0 heterocycles. The van der Waals surface area contributed by atoms with Crippen LogP contribution in [0.15, 0.2) is 0 Å². The quantitative estimate of drug-likeness (QED) is 0.661. The third kappa shape index (κ3) is 3.47. The van der Waals surface area contributed by atoms with E-state index in [1.165, 1.54) is 0 Å². The predicted octanol–water partition coefficient (Wildman–Crippen LogP) is 0.640. The SMILES string of the molecule is CC(C)(C)OC(=O)[C@@H]1C[C@H](CN)[C@@H](N)C1. The molecule has 0 aromatic carbocycles. The van der Waals surface area contributed by atoms with Gasteiger partial charge in [-0.2, -0.15) is 0 Å². The molecule has 15 heavy (non-hydrogen) atoms. The maximum Gasteiger partial charge on any atom is 0.309 e. The van der Waals surface area contributed by atoms with Gasteiger partial charge in [-0.1, -0.05) is 0 Å². The van der Waals surface area contributed by atoms with Crippen LogP contribution in [-0.4, -0.2) is 24.2 Å². The first-order valence-corrected chi connectivity index (χ1v) is 5.52. The van der Waals surface area contributed by atoms with Gasteiger partial charge >= 0.3 is 5.97 Å². The average Bonchev–Trinajstić information content (AvgIpc) is 2.43. The van der Waals surface area contributed by atoms with Crippen LogP contribution in [-0.2, 0) is 9.53 Å². The van der Waals surface area contributed by atoms with Gasteiger partial charge in [0, 0.05) is 6.04 Å². The smallest absolute Gasteiger partial charge is 0.309 e. The van der Waals surface area contributed by atoms with Crippen LogP contribution in [0.25, 0.3) is 0 Å². The lowest BCUT2D eigenvalue weighted by molar-refractivity contribution is -0.159. The molecule has 1 aliphatic rings. The summed E-state index contributed by atoms with van der Waals surface area (Å²) in [4.78, 5) is 11.7. The monoisotopic (exact) mass is 214 g/mol. The molecule has 88 valence electrons. The highest BCUT2D eigenvalue weighted by Crippen LogP contribution is 2.31. The van der Waals surface area contributed by atoms with Gasteiger partial charge in [-0.3, -0.25) is 4.79 Å². The minimum absolute atomic E-state index is 0.0486. The van der Waals surface area contributed by atoms with E-state index in [9.17, 15) is 4.79 Å². The minimum Gasteiger partial charge on any atom is -0.460 e. The summed E-state index contributed by atoms with van der Waals surface area (Å²) < 4.78 is 5.33. The second-order valence-corrected chi connectivity index (χ2v) is 5.36. The van der Waals surface area contributed by atoms with Crippen molar-refractivity contribution in [1.82, 2.24) is 0 Å². The zero-order valence-electron chi connectivity index (χ0n) is 9.82. The fraction of sp³-hybridized carbons (Fsp3) is 0.909. The maximum atomic E-state index is 11.7. The molecule has 0 aromatic rings. The molecular formula is C11H22N2O2. The molecule has 0 saturated heterocycles. The van der Waals surface area contributed by atoms with E-state index in [-0.39, 0.29) is 23.8 Å². The number of carbonyl (C=O) groups is 1. The summed E-state index contributed by atoms with van der Waals surface area (Å²) in [5.41, 5.74) is 11.1. The summed E-state index contributed by atoms with van der Waals surface area (Å²) in [6.07, 6.45) is 1.48. The van der Waals surface area contributed by atoms with E-state index < -0.39 is 5.60 Å². The van der Waals surface area contributed by atoms with Crippen LogP contribution in [0.5, 0.6) is 0 Å². The molecule has 4 N–H and O–H groups in total. The summed E-state index contributed by atoms with van der Waals surface area (Å²) in [7, 11) is 0. The lowest BCUT2D eigenvalue weighted by atomic mass is 10.0. The zero-order valence-corrected chi connectivity index (χ0v) is 9.82. The van der Waals surface area contributed by atoms with Gasteiger partial charge in [-0.25, -0.2) is 0 Å². The summed E-state index contributed by atoms with van der Waals surface area (Å²) in [6.45, 7) is 6.18. The molecule has 1 fully saturated rings. The molecule has 3 atom stereocenters. The van der Waals surface area contributed by atoms with Crippen molar-refractivity contribution in [2.45, 2.75) is 45.3 Å². The lowest BCUT2D eigenvalue weighted by Gasteiger charge is -2.22. The van der Waals surface area contributed by atoms with Crippen LogP contribution < -0.4 is 11.5 Å². The van der Waals surface area contributed by atoms with E-state index in [0.29, 0.717) is 13.0 Å². The maximum absolute atomic E-state index is 11.7. The van der Waals surface area contributed by atoms with E-state index >= 15 is 0 Å². The Morgan fingerprint density at radius 2 is 2.00 bits per heavy atom. The molecule has 0 radical (unpaired) electrons. The molecule has 0 aromatic heterocycles. The molecule has 0 bridgehead atoms. The molecule has 0 aliphatic heterocycles.